The van der Waals surface area contributed by atoms with Gasteiger partial charge in [0.25, 0.3) is 0 Å². The molecule has 0 saturated heterocycles. The highest BCUT2D eigenvalue weighted by Crippen LogP contribution is 2.31. The Balaban J connectivity index is 2.04. The third kappa shape index (κ3) is 3.07. The quantitative estimate of drug-likeness (QED) is 0.748. The van der Waals surface area contributed by atoms with Gasteiger partial charge in [0.05, 0.1) is 6.54 Å². The van der Waals surface area contributed by atoms with Crippen molar-refractivity contribution in [1.82, 2.24) is 0 Å². The van der Waals surface area contributed by atoms with E-state index < -0.39 is 0 Å². The number of benzene rings is 1. The van der Waals surface area contributed by atoms with Crippen molar-refractivity contribution in [3.05, 3.63) is 23.8 Å². The van der Waals surface area contributed by atoms with Gasteiger partial charge in [-0.15, -0.1) is 0 Å². The molecule has 4 N–H and O–H groups in total. The van der Waals surface area contributed by atoms with Gasteiger partial charge in [-0.05, 0) is 43.5 Å². The summed E-state index contributed by atoms with van der Waals surface area (Å²) in [6.07, 6.45) is 1.96. The zero-order valence-electron chi connectivity index (χ0n) is 10.3. The second-order valence-corrected chi connectivity index (χ2v) is 4.55. The van der Waals surface area contributed by atoms with Crippen molar-refractivity contribution in [1.29, 1.82) is 0 Å². The lowest BCUT2D eigenvalue weighted by molar-refractivity contribution is -0.117. The number of hydrogen-bond acceptors (Lipinski definition) is 3. The fourth-order valence-electron chi connectivity index (χ4n) is 1.67. The monoisotopic (exact) mass is 247 g/mol. The fourth-order valence-corrected chi connectivity index (χ4v) is 1.67. The molecule has 0 heterocycles. The maximum Gasteiger partial charge on any atom is 0.238 e. The van der Waals surface area contributed by atoms with Crippen LogP contribution < -0.4 is 16.4 Å². The van der Waals surface area contributed by atoms with Gasteiger partial charge < -0.3 is 16.4 Å². The van der Waals surface area contributed by atoms with Crippen LogP contribution in [0.15, 0.2) is 18.2 Å². The van der Waals surface area contributed by atoms with Gasteiger partial charge in [-0.25, -0.2) is 0 Å². The second kappa shape index (κ2) is 5.18. The van der Waals surface area contributed by atoms with Crippen LogP contribution in [-0.4, -0.2) is 18.4 Å². The van der Waals surface area contributed by atoms with Crippen molar-refractivity contribution in [2.24, 2.45) is 11.7 Å². The zero-order valence-corrected chi connectivity index (χ0v) is 10.3. The number of carbonyl (C=O) groups excluding carboxylic acids is 2. The zero-order chi connectivity index (χ0) is 13.1. The van der Waals surface area contributed by atoms with Crippen LogP contribution in [0.1, 0.15) is 18.4 Å². The van der Waals surface area contributed by atoms with Crippen LogP contribution in [0.25, 0.3) is 0 Å². The Hall–Kier alpha value is -1.88. The fraction of sp³-hybridized carbons (Fsp3) is 0.385. The Bertz CT molecular complexity index is 481. The minimum absolute atomic E-state index is 0.0424. The number of rotatable bonds is 4. The van der Waals surface area contributed by atoms with Crippen molar-refractivity contribution in [3.63, 3.8) is 0 Å². The Morgan fingerprint density at radius 3 is 2.61 bits per heavy atom. The molecule has 2 amide bonds. The Labute approximate surface area is 106 Å². The number of nitrogens with one attached hydrogen (secondary N) is 2. The van der Waals surface area contributed by atoms with Gasteiger partial charge in [0, 0.05) is 17.3 Å². The molecule has 1 aromatic carbocycles. The summed E-state index contributed by atoms with van der Waals surface area (Å²) >= 11 is 0. The molecule has 0 aliphatic heterocycles. The summed E-state index contributed by atoms with van der Waals surface area (Å²) in [5.74, 6) is 0.0297. The summed E-state index contributed by atoms with van der Waals surface area (Å²) in [6, 6.07) is 5.36. The first kappa shape index (κ1) is 12.6. The summed E-state index contributed by atoms with van der Waals surface area (Å²) in [6.45, 7) is 1.85. The maximum atomic E-state index is 11.6. The summed E-state index contributed by atoms with van der Waals surface area (Å²) in [4.78, 5) is 22.8. The van der Waals surface area contributed by atoms with E-state index >= 15 is 0 Å². The lowest BCUT2D eigenvalue weighted by Crippen LogP contribution is -2.22. The van der Waals surface area contributed by atoms with Crippen molar-refractivity contribution in [3.8, 4) is 0 Å². The molecular formula is C13H17N3O2. The Morgan fingerprint density at radius 2 is 2.06 bits per heavy atom. The molecule has 0 atom stereocenters. The summed E-state index contributed by atoms with van der Waals surface area (Å²) in [7, 11) is 0. The third-order valence-corrected chi connectivity index (χ3v) is 2.90. The summed E-state index contributed by atoms with van der Waals surface area (Å²) < 4.78 is 0. The molecule has 1 aliphatic rings. The van der Waals surface area contributed by atoms with Crippen molar-refractivity contribution >= 4 is 23.2 Å². The minimum Gasteiger partial charge on any atom is -0.326 e. The highest BCUT2D eigenvalue weighted by molar-refractivity contribution is 5.96. The Morgan fingerprint density at radius 1 is 1.33 bits per heavy atom. The van der Waals surface area contributed by atoms with Gasteiger partial charge in [-0.3, -0.25) is 9.59 Å². The van der Waals surface area contributed by atoms with E-state index in [0.717, 1.165) is 24.1 Å². The van der Waals surface area contributed by atoms with E-state index in [0.29, 0.717) is 5.69 Å². The van der Waals surface area contributed by atoms with Gasteiger partial charge in [0.1, 0.15) is 0 Å². The molecule has 1 fully saturated rings. The van der Waals surface area contributed by atoms with Crippen LogP contribution in [0.5, 0.6) is 0 Å². The minimum atomic E-state index is -0.232. The first-order valence-corrected chi connectivity index (χ1v) is 6.01. The number of anilines is 2. The van der Waals surface area contributed by atoms with E-state index in [4.69, 9.17) is 5.73 Å². The van der Waals surface area contributed by atoms with Crippen molar-refractivity contribution in [2.45, 2.75) is 19.8 Å². The summed E-state index contributed by atoms with van der Waals surface area (Å²) in [5, 5.41) is 5.56. The molecule has 1 saturated carbocycles. The molecule has 1 aromatic rings. The van der Waals surface area contributed by atoms with E-state index in [-0.39, 0.29) is 24.3 Å². The molecule has 18 heavy (non-hydrogen) atoms. The highest BCUT2D eigenvalue weighted by atomic mass is 16.2. The smallest absolute Gasteiger partial charge is 0.238 e. The maximum absolute atomic E-state index is 11.6. The van der Waals surface area contributed by atoms with Gasteiger partial charge >= 0.3 is 0 Å². The third-order valence-electron chi connectivity index (χ3n) is 2.90. The van der Waals surface area contributed by atoms with E-state index in [1.165, 1.54) is 0 Å². The Kier molecular flexibility index (Phi) is 3.62. The molecule has 1 aliphatic carbocycles. The summed E-state index contributed by atoms with van der Waals surface area (Å²) in [5.41, 5.74) is 7.62. The van der Waals surface area contributed by atoms with E-state index in [9.17, 15) is 9.59 Å². The molecule has 2 rings (SSSR count). The standard InChI is InChI=1S/C13H17N3O2/c1-8-6-10(15-12(17)7-14)4-5-11(8)16-13(18)9-2-3-9/h4-6,9H,2-3,7,14H2,1H3,(H,15,17)(H,16,18). The van der Waals surface area contributed by atoms with Crippen molar-refractivity contribution in [2.75, 3.05) is 17.2 Å². The SMILES string of the molecule is Cc1cc(NC(=O)CN)ccc1NC(=O)C1CC1. The predicted molar refractivity (Wildman–Crippen MR) is 70.2 cm³/mol. The number of nitrogens with two attached hydrogens (primary N) is 1. The number of amides is 2. The largest absolute Gasteiger partial charge is 0.326 e. The molecule has 0 bridgehead atoms. The normalized spacial score (nSPS) is 14.1. The van der Waals surface area contributed by atoms with Crippen LogP contribution in [0.2, 0.25) is 0 Å². The molecule has 96 valence electrons. The number of aryl methyl sites for hydroxylation is 1. The second-order valence-electron chi connectivity index (χ2n) is 4.55. The average Bonchev–Trinajstić information content (AvgIpc) is 3.16. The lowest BCUT2D eigenvalue weighted by Gasteiger charge is -2.10. The van der Waals surface area contributed by atoms with Gasteiger partial charge in [0.2, 0.25) is 11.8 Å². The first-order valence-electron chi connectivity index (χ1n) is 6.01. The topological polar surface area (TPSA) is 84.2 Å². The molecule has 0 radical (unpaired) electrons. The molecular weight excluding hydrogens is 230 g/mol. The van der Waals surface area contributed by atoms with Crippen LogP contribution in [0.4, 0.5) is 11.4 Å². The number of hydrogen-bond donors (Lipinski definition) is 3. The molecule has 0 unspecified atom stereocenters. The van der Waals surface area contributed by atoms with E-state index in [1.54, 1.807) is 12.1 Å². The molecule has 5 nitrogen and oxygen atoms in total. The van der Waals surface area contributed by atoms with Gasteiger partial charge in [-0.1, -0.05) is 0 Å². The van der Waals surface area contributed by atoms with E-state index in [1.807, 2.05) is 13.0 Å². The lowest BCUT2D eigenvalue weighted by atomic mass is 10.1. The van der Waals surface area contributed by atoms with Crippen molar-refractivity contribution < 1.29 is 9.59 Å². The van der Waals surface area contributed by atoms with Gasteiger partial charge in [-0.2, -0.15) is 0 Å². The molecule has 0 spiro atoms. The van der Waals surface area contributed by atoms with Crippen LogP contribution in [0.3, 0.4) is 0 Å². The van der Waals surface area contributed by atoms with Gasteiger partial charge in [0.15, 0.2) is 0 Å². The molecule has 5 heteroatoms. The van der Waals surface area contributed by atoms with Crippen LogP contribution >= 0.6 is 0 Å². The van der Waals surface area contributed by atoms with E-state index in [2.05, 4.69) is 10.6 Å². The predicted octanol–water partition coefficient (Wildman–Crippen LogP) is 1.24. The highest BCUT2D eigenvalue weighted by Gasteiger charge is 2.29. The number of carbonyl (C=O) groups is 2. The first-order chi connectivity index (χ1) is 8.60. The van der Waals surface area contributed by atoms with Crippen LogP contribution in [0, 0.1) is 12.8 Å². The van der Waals surface area contributed by atoms with Crippen LogP contribution in [-0.2, 0) is 9.59 Å². The average molecular weight is 247 g/mol. The molecule has 0 aromatic heterocycles.